The molecule has 2 aromatic carbocycles. The minimum atomic E-state index is -0.884. The lowest BCUT2D eigenvalue weighted by Crippen LogP contribution is -2.14. The monoisotopic (exact) mass is 344 g/mol. The van der Waals surface area contributed by atoms with Crippen molar-refractivity contribution in [3.63, 3.8) is 0 Å². The summed E-state index contributed by atoms with van der Waals surface area (Å²) in [4.78, 5) is 26.5. The number of nitrogens with one attached hydrogen (secondary N) is 2. The molecule has 0 radical (unpaired) electrons. The maximum atomic E-state index is 13.8. The van der Waals surface area contributed by atoms with E-state index >= 15 is 0 Å². The quantitative estimate of drug-likeness (QED) is 0.708. The normalized spacial score (nSPS) is 10.5. The number of aromatic amines is 1. The van der Waals surface area contributed by atoms with Gasteiger partial charge in [-0.25, -0.2) is 13.2 Å². The molecule has 1 heterocycles. The van der Waals surface area contributed by atoms with Crippen molar-refractivity contribution in [1.29, 1.82) is 0 Å². The molecule has 0 saturated carbocycles. The largest absolute Gasteiger partial charge is 0.336 e. The fourth-order valence-electron chi connectivity index (χ4n) is 2.26. The van der Waals surface area contributed by atoms with Crippen LogP contribution < -0.4 is 10.9 Å². The van der Waals surface area contributed by atoms with Crippen LogP contribution in [0.15, 0.2) is 59.4 Å². The highest BCUT2D eigenvalue weighted by molar-refractivity contribution is 6.12. The van der Waals surface area contributed by atoms with E-state index in [0.29, 0.717) is 0 Å². The first-order chi connectivity index (χ1) is 12.0. The highest BCUT2D eigenvalue weighted by atomic mass is 19.1. The van der Waals surface area contributed by atoms with E-state index in [2.05, 4.69) is 10.3 Å². The smallest absolute Gasteiger partial charge is 0.249 e. The molecule has 126 valence electrons. The van der Waals surface area contributed by atoms with Gasteiger partial charge in [0.25, 0.3) is 0 Å². The highest BCUT2D eigenvalue weighted by Gasteiger charge is 2.17. The van der Waals surface area contributed by atoms with E-state index in [0.717, 1.165) is 30.3 Å². The minimum absolute atomic E-state index is 0.0196. The number of H-pyrrole nitrogens is 1. The van der Waals surface area contributed by atoms with E-state index in [4.69, 9.17) is 0 Å². The number of aromatic nitrogens is 1. The van der Waals surface area contributed by atoms with Gasteiger partial charge in [-0.3, -0.25) is 9.59 Å². The van der Waals surface area contributed by atoms with Gasteiger partial charge in [0.1, 0.15) is 29.0 Å². The third-order valence-corrected chi connectivity index (χ3v) is 3.48. The number of carbonyl (C=O) groups excluding carboxylic acids is 1. The second-order valence-corrected chi connectivity index (χ2v) is 5.17. The van der Waals surface area contributed by atoms with Crippen LogP contribution in [-0.4, -0.2) is 10.8 Å². The lowest BCUT2D eigenvalue weighted by Gasteiger charge is -2.12. The molecule has 0 fully saturated rings. The van der Waals surface area contributed by atoms with Gasteiger partial charge in [-0.15, -0.1) is 0 Å². The first-order valence-corrected chi connectivity index (χ1v) is 7.20. The van der Waals surface area contributed by atoms with E-state index in [9.17, 15) is 22.8 Å². The predicted molar refractivity (Wildman–Crippen MR) is 86.5 cm³/mol. The van der Waals surface area contributed by atoms with Crippen molar-refractivity contribution in [3.05, 3.63) is 93.5 Å². The molecule has 4 nitrogen and oxygen atoms in total. The summed E-state index contributed by atoms with van der Waals surface area (Å²) in [6.07, 6.45) is 0. The molecule has 3 aromatic rings. The molecule has 0 bridgehead atoms. The number of carbonyl (C=O) groups is 1. The predicted octanol–water partition coefficient (Wildman–Crippen LogP) is 3.77. The van der Waals surface area contributed by atoms with E-state index < -0.39 is 34.5 Å². The number of hydrogen-bond donors (Lipinski definition) is 2. The molecule has 2 N–H and O–H groups in total. The van der Waals surface area contributed by atoms with E-state index in [1.54, 1.807) is 0 Å². The Morgan fingerprint density at radius 2 is 1.52 bits per heavy atom. The van der Waals surface area contributed by atoms with Crippen LogP contribution in [0.25, 0.3) is 0 Å². The molecule has 0 aliphatic rings. The van der Waals surface area contributed by atoms with E-state index in [-0.39, 0.29) is 16.9 Å². The van der Waals surface area contributed by atoms with Crippen molar-refractivity contribution in [2.24, 2.45) is 0 Å². The summed E-state index contributed by atoms with van der Waals surface area (Å²) in [5, 5.41) is 2.41. The number of ketones is 1. The van der Waals surface area contributed by atoms with Crippen molar-refractivity contribution in [2.75, 3.05) is 5.32 Å². The average Bonchev–Trinajstić information content (AvgIpc) is 2.58. The summed E-state index contributed by atoms with van der Waals surface area (Å²) < 4.78 is 40.6. The zero-order valence-electron chi connectivity index (χ0n) is 12.6. The molecule has 7 heteroatoms. The van der Waals surface area contributed by atoms with Crippen molar-refractivity contribution in [2.45, 2.75) is 0 Å². The maximum absolute atomic E-state index is 13.8. The molecule has 0 aliphatic carbocycles. The first-order valence-electron chi connectivity index (χ1n) is 7.20. The summed E-state index contributed by atoms with van der Waals surface area (Å²) in [7, 11) is 0. The molecule has 0 atom stereocenters. The van der Waals surface area contributed by atoms with Crippen LogP contribution in [0.1, 0.15) is 15.9 Å². The summed E-state index contributed by atoms with van der Waals surface area (Å²) in [6, 6.07) is 10.4. The second kappa shape index (κ2) is 6.64. The molecule has 0 unspecified atom stereocenters. The fourth-order valence-corrected chi connectivity index (χ4v) is 2.26. The summed E-state index contributed by atoms with van der Waals surface area (Å²) >= 11 is 0. The maximum Gasteiger partial charge on any atom is 0.249 e. The molecule has 0 spiro atoms. The van der Waals surface area contributed by atoms with Crippen molar-refractivity contribution < 1.29 is 18.0 Å². The number of hydrogen-bond acceptors (Lipinski definition) is 3. The van der Waals surface area contributed by atoms with Gasteiger partial charge >= 0.3 is 0 Å². The lowest BCUT2D eigenvalue weighted by molar-refractivity contribution is 0.103. The summed E-state index contributed by atoms with van der Waals surface area (Å²) in [5.41, 5.74) is -0.924. The first kappa shape index (κ1) is 16.5. The number of anilines is 2. The minimum Gasteiger partial charge on any atom is -0.336 e. The zero-order chi connectivity index (χ0) is 18.0. The SMILES string of the molecule is O=C(c1ccc(F)cc1)c1ccc(=O)[nH]c1Nc1c(F)cccc1F. The van der Waals surface area contributed by atoms with Gasteiger partial charge in [-0.05, 0) is 42.5 Å². The molecule has 0 saturated heterocycles. The summed E-state index contributed by atoms with van der Waals surface area (Å²) in [5.74, 6) is -2.99. The molecular weight excluding hydrogens is 333 g/mol. The van der Waals surface area contributed by atoms with Gasteiger partial charge in [0.2, 0.25) is 5.56 Å². The Balaban J connectivity index is 2.05. The van der Waals surface area contributed by atoms with E-state index in [1.165, 1.54) is 24.3 Å². The van der Waals surface area contributed by atoms with E-state index in [1.807, 2.05) is 0 Å². The Labute approximate surface area is 139 Å². The molecular formula is C18H11F3N2O2. The van der Waals surface area contributed by atoms with Crippen molar-refractivity contribution >= 4 is 17.3 Å². The summed E-state index contributed by atoms with van der Waals surface area (Å²) in [6.45, 7) is 0. The fraction of sp³-hybridized carbons (Fsp3) is 0. The topological polar surface area (TPSA) is 62.0 Å². The zero-order valence-corrected chi connectivity index (χ0v) is 12.6. The van der Waals surface area contributed by atoms with Gasteiger partial charge in [-0.2, -0.15) is 0 Å². The van der Waals surface area contributed by atoms with Crippen LogP contribution in [0.5, 0.6) is 0 Å². The molecule has 1 aromatic heterocycles. The Kier molecular flexibility index (Phi) is 4.38. The van der Waals surface area contributed by atoms with Gasteiger partial charge in [0, 0.05) is 11.6 Å². The van der Waals surface area contributed by atoms with Crippen LogP contribution >= 0.6 is 0 Å². The van der Waals surface area contributed by atoms with Crippen LogP contribution in [0.3, 0.4) is 0 Å². The van der Waals surface area contributed by atoms with Crippen molar-refractivity contribution in [3.8, 4) is 0 Å². The number of halogens is 3. The number of benzene rings is 2. The van der Waals surface area contributed by atoms with Crippen LogP contribution in [-0.2, 0) is 0 Å². The molecule has 25 heavy (non-hydrogen) atoms. The highest BCUT2D eigenvalue weighted by Crippen LogP contribution is 2.25. The molecule has 0 aliphatic heterocycles. The van der Waals surface area contributed by atoms with Gasteiger partial charge in [-0.1, -0.05) is 6.07 Å². The van der Waals surface area contributed by atoms with Crippen LogP contribution in [0.2, 0.25) is 0 Å². The second-order valence-electron chi connectivity index (χ2n) is 5.17. The van der Waals surface area contributed by atoms with Crippen LogP contribution in [0, 0.1) is 17.5 Å². The van der Waals surface area contributed by atoms with Gasteiger partial charge in [0.05, 0.1) is 5.56 Å². The standard InChI is InChI=1S/C18H11F3N2O2/c19-11-6-4-10(5-7-11)17(25)12-8-9-15(24)22-18(12)23-16-13(20)2-1-3-14(16)21/h1-9H,(H2,22,23,24). The average molecular weight is 344 g/mol. The Bertz CT molecular complexity index is 978. The number of rotatable bonds is 4. The Morgan fingerprint density at radius 1 is 0.880 bits per heavy atom. The van der Waals surface area contributed by atoms with Crippen molar-refractivity contribution in [1.82, 2.24) is 4.98 Å². The molecule has 0 amide bonds. The van der Waals surface area contributed by atoms with Gasteiger partial charge in [0.15, 0.2) is 5.78 Å². The Morgan fingerprint density at radius 3 is 2.16 bits per heavy atom. The van der Waals surface area contributed by atoms with Gasteiger partial charge < -0.3 is 10.3 Å². The Hall–Kier alpha value is -3.35. The lowest BCUT2D eigenvalue weighted by atomic mass is 10.0. The number of pyridine rings is 1. The third kappa shape index (κ3) is 3.45. The number of para-hydroxylation sites is 1. The third-order valence-electron chi connectivity index (χ3n) is 3.48. The van der Waals surface area contributed by atoms with Crippen LogP contribution in [0.4, 0.5) is 24.7 Å². The molecule has 3 rings (SSSR count).